The van der Waals surface area contributed by atoms with Crippen LogP contribution in [0.1, 0.15) is 64.2 Å². The van der Waals surface area contributed by atoms with Gasteiger partial charge in [0.05, 0.1) is 5.69 Å². The van der Waals surface area contributed by atoms with Crippen molar-refractivity contribution in [3.05, 3.63) is 95.3 Å². The van der Waals surface area contributed by atoms with Crippen LogP contribution in [0.3, 0.4) is 0 Å². The monoisotopic (exact) mass is 447 g/mol. The zero-order valence-corrected chi connectivity index (χ0v) is 18.5. The van der Waals surface area contributed by atoms with Gasteiger partial charge in [-0.2, -0.15) is 0 Å². The lowest BCUT2D eigenvalue weighted by Gasteiger charge is -2.14. The minimum atomic E-state index is -0.386. The molecule has 3 rings (SSSR count). The van der Waals surface area contributed by atoms with Gasteiger partial charge in [-0.15, -0.1) is 0 Å². The maximum absolute atomic E-state index is 13.1. The minimum absolute atomic E-state index is 0.127. The summed E-state index contributed by atoms with van der Waals surface area (Å²) in [7, 11) is 0. The summed E-state index contributed by atoms with van der Waals surface area (Å²) in [6.45, 7) is 0.918. The Morgan fingerprint density at radius 3 is 2.09 bits per heavy atom. The highest BCUT2D eigenvalue weighted by atomic mass is 16.5. The predicted octanol–water partition coefficient (Wildman–Crippen LogP) is 3.95. The first-order valence-corrected chi connectivity index (χ1v) is 11.1. The lowest BCUT2D eigenvalue weighted by atomic mass is 10.1. The molecule has 0 radical (unpaired) electrons. The molecule has 0 aliphatic carbocycles. The zero-order valence-electron chi connectivity index (χ0n) is 18.5. The second kappa shape index (κ2) is 12.4. The number of ketones is 1. The number of rotatable bonds is 12. The van der Waals surface area contributed by atoms with Crippen LogP contribution in [-0.4, -0.2) is 33.9 Å². The van der Waals surface area contributed by atoms with E-state index < -0.39 is 0 Å². The third-order valence-corrected chi connectivity index (χ3v) is 5.41. The number of unbranched alkanes of at least 4 members (excludes halogenated alkanes) is 3. The highest BCUT2D eigenvalue weighted by molar-refractivity contribution is 6.09. The maximum atomic E-state index is 13.1. The van der Waals surface area contributed by atoms with Crippen LogP contribution in [0.2, 0.25) is 0 Å². The molecule has 3 aromatic rings. The van der Waals surface area contributed by atoms with E-state index in [9.17, 15) is 14.4 Å². The number of aromatic nitrogens is 1. The van der Waals surface area contributed by atoms with Crippen molar-refractivity contribution in [3.63, 3.8) is 0 Å². The van der Waals surface area contributed by atoms with Crippen LogP contribution in [0.15, 0.2) is 72.8 Å². The minimum Gasteiger partial charge on any atom is -0.351 e. The van der Waals surface area contributed by atoms with Crippen molar-refractivity contribution in [2.24, 2.45) is 0 Å². The highest BCUT2D eigenvalue weighted by Crippen LogP contribution is 2.17. The number of amides is 2. The van der Waals surface area contributed by atoms with Gasteiger partial charge in [-0.05, 0) is 30.5 Å². The van der Waals surface area contributed by atoms with Gasteiger partial charge in [-0.1, -0.05) is 73.5 Å². The Morgan fingerprint density at radius 2 is 1.39 bits per heavy atom. The zero-order chi connectivity index (χ0) is 23.5. The van der Waals surface area contributed by atoms with Gasteiger partial charge in [0.2, 0.25) is 11.7 Å². The van der Waals surface area contributed by atoms with E-state index in [0.29, 0.717) is 36.5 Å². The Bertz CT molecular complexity index is 1060. The van der Waals surface area contributed by atoms with E-state index in [1.165, 1.54) is 0 Å². The van der Waals surface area contributed by atoms with Gasteiger partial charge in [-0.3, -0.25) is 19.6 Å². The van der Waals surface area contributed by atoms with Gasteiger partial charge < -0.3 is 9.88 Å². The lowest BCUT2D eigenvalue weighted by molar-refractivity contribution is -0.129. The molecule has 0 aliphatic heterocycles. The normalized spacial score (nSPS) is 10.6. The van der Waals surface area contributed by atoms with Crippen LogP contribution in [0.4, 0.5) is 0 Å². The number of carbonyl (C=O) groups excluding carboxylic acids is 3. The third kappa shape index (κ3) is 6.89. The summed E-state index contributed by atoms with van der Waals surface area (Å²) >= 11 is 0. The standard InChI is InChI=1S/C26H29N3O4/c30-24(28-33)15-9-1-2-10-18-27-26(32)23-17-16-22(25(31)21-13-7-4-8-14-21)29(23)19-20-11-5-3-6-12-20/h3-8,11-14,16-17,33H,1-2,9-10,15,18-19H2,(H,27,32)(H,28,30). The first kappa shape index (κ1) is 23.9. The molecule has 172 valence electrons. The van der Waals surface area contributed by atoms with Gasteiger partial charge in [0.1, 0.15) is 5.69 Å². The Balaban J connectivity index is 1.66. The largest absolute Gasteiger partial charge is 0.351 e. The summed E-state index contributed by atoms with van der Waals surface area (Å²) in [5.74, 6) is -0.737. The lowest BCUT2D eigenvalue weighted by Crippen LogP contribution is -2.28. The molecule has 1 heterocycles. The van der Waals surface area contributed by atoms with Crippen LogP contribution in [0, 0.1) is 0 Å². The van der Waals surface area contributed by atoms with E-state index in [2.05, 4.69) is 5.32 Å². The average molecular weight is 448 g/mol. The van der Waals surface area contributed by atoms with Gasteiger partial charge in [-0.25, -0.2) is 5.48 Å². The highest BCUT2D eigenvalue weighted by Gasteiger charge is 2.20. The van der Waals surface area contributed by atoms with Crippen molar-refractivity contribution in [1.29, 1.82) is 0 Å². The van der Waals surface area contributed by atoms with Gasteiger partial charge in [0.25, 0.3) is 5.91 Å². The van der Waals surface area contributed by atoms with E-state index in [1.54, 1.807) is 34.3 Å². The maximum Gasteiger partial charge on any atom is 0.267 e. The van der Waals surface area contributed by atoms with Crippen molar-refractivity contribution in [1.82, 2.24) is 15.4 Å². The fraction of sp³-hybridized carbons (Fsp3) is 0.269. The summed E-state index contributed by atoms with van der Waals surface area (Å²) in [6, 6.07) is 22.2. The van der Waals surface area contributed by atoms with Crippen molar-refractivity contribution >= 4 is 17.6 Å². The molecular formula is C26H29N3O4. The SMILES string of the molecule is O=C(CCCCCCNC(=O)c1ccc(C(=O)c2ccccc2)n1Cc1ccccc1)NO. The van der Waals surface area contributed by atoms with Crippen molar-refractivity contribution in [2.75, 3.05) is 6.54 Å². The number of hydrogen-bond acceptors (Lipinski definition) is 4. The van der Waals surface area contributed by atoms with E-state index in [4.69, 9.17) is 5.21 Å². The number of hydrogen-bond donors (Lipinski definition) is 3. The fourth-order valence-corrected chi connectivity index (χ4v) is 3.65. The number of nitrogens with one attached hydrogen (secondary N) is 2. The Kier molecular flexibility index (Phi) is 8.97. The molecule has 2 aromatic carbocycles. The first-order valence-electron chi connectivity index (χ1n) is 11.1. The van der Waals surface area contributed by atoms with E-state index in [-0.39, 0.29) is 24.0 Å². The Morgan fingerprint density at radius 1 is 0.758 bits per heavy atom. The summed E-state index contributed by atoms with van der Waals surface area (Å²) in [5, 5.41) is 11.4. The number of carbonyl (C=O) groups is 3. The van der Waals surface area contributed by atoms with Gasteiger partial charge in [0, 0.05) is 25.1 Å². The summed E-state index contributed by atoms with van der Waals surface area (Å²) in [5.41, 5.74) is 4.11. The Hall–Kier alpha value is -3.71. The quantitative estimate of drug-likeness (QED) is 0.169. The molecule has 0 unspecified atom stereocenters. The van der Waals surface area contributed by atoms with Crippen molar-refractivity contribution in [3.8, 4) is 0 Å². The van der Waals surface area contributed by atoms with Gasteiger partial charge in [0.15, 0.2) is 0 Å². The molecule has 0 spiro atoms. The second-order valence-corrected chi connectivity index (χ2v) is 7.83. The summed E-state index contributed by atoms with van der Waals surface area (Å²) in [4.78, 5) is 37.1. The Labute approximate surface area is 193 Å². The molecule has 0 saturated heterocycles. The second-order valence-electron chi connectivity index (χ2n) is 7.83. The van der Waals surface area contributed by atoms with Crippen LogP contribution in [-0.2, 0) is 11.3 Å². The molecule has 0 saturated carbocycles. The van der Waals surface area contributed by atoms with Crippen molar-refractivity contribution < 1.29 is 19.6 Å². The third-order valence-electron chi connectivity index (χ3n) is 5.41. The fourth-order valence-electron chi connectivity index (χ4n) is 3.65. The van der Waals surface area contributed by atoms with Crippen LogP contribution in [0.5, 0.6) is 0 Å². The average Bonchev–Trinajstić information content (AvgIpc) is 3.27. The van der Waals surface area contributed by atoms with E-state index in [1.807, 2.05) is 48.5 Å². The molecule has 0 atom stereocenters. The first-order chi connectivity index (χ1) is 16.1. The van der Waals surface area contributed by atoms with Gasteiger partial charge >= 0.3 is 0 Å². The van der Waals surface area contributed by atoms with Crippen LogP contribution < -0.4 is 10.8 Å². The summed E-state index contributed by atoms with van der Waals surface area (Å²) < 4.78 is 1.77. The molecule has 2 amide bonds. The van der Waals surface area contributed by atoms with Crippen molar-refractivity contribution in [2.45, 2.75) is 38.6 Å². The molecular weight excluding hydrogens is 418 g/mol. The molecule has 7 nitrogen and oxygen atoms in total. The molecule has 0 aliphatic rings. The van der Waals surface area contributed by atoms with Crippen LogP contribution >= 0.6 is 0 Å². The number of hydroxylamine groups is 1. The van der Waals surface area contributed by atoms with Crippen LogP contribution in [0.25, 0.3) is 0 Å². The topological polar surface area (TPSA) is 100 Å². The smallest absolute Gasteiger partial charge is 0.267 e. The molecule has 7 heteroatoms. The summed E-state index contributed by atoms with van der Waals surface area (Å²) in [6.07, 6.45) is 3.45. The molecule has 1 aromatic heterocycles. The predicted molar refractivity (Wildman–Crippen MR) is 125 cm³/mol. The number of nitrogens with zero attached hydrogens (tertiary/aromatic N) is 1. The van der Waals surface area contributed by atoms with E-state index in [0.717, 1.165) is 24.8 Å². The molecule has 0 fully saturated rings. The van der Waals surface area contributed by atoms with E-state index >= 15 is 0 Å². The number of benzene rings is 2. The molecule has 0 bridgehead atoms. The molecule has 33 heavy (non-hydrogen) atoms. The molecule has 3 N–H and O–H groups in total.